The fraction of sp³-hybridized carbons (Fsp3) is 0.348. The Morgan fingerprint density at radius 2 is 1.67 bits per heavy atom. The normalized spacial score (nSPS) is 11.1. The number of hydrogen-bond donors (Lipinski definition) is 0. The number of benzene rings is 2. The first-order chi connectivity index (χ1) is 13.1. The Hall–Kier alpha value is -2.59. The van der Waals surface area contributed by atoms with E-state index in [1.165, 1.54) is 11.1 Å². The molecule has 0 bridgehead atoms. The number of ether oxygens (including phenoxy) is 1. The van der Waals surface area contributed by atoms with E-state index in [9.17, 15) is 0 Å². The first kappa shape index (κ1) is 19.2. The van der Waals surface area contributed by atoms with Crippen LogP contribution in [-0.2, 0) is 19.5 Å². The smallest absolute Gasteiger partial charge is 0.230 e. The van der Waals surface area contributed by atoms with E-state index in [0.29, 0.717) is 12.5 Å². The summed E-state index contributed by atoms with van der Waals surface area (Å²) in [4.78, 5) is 7.00. The van der Waals surface area contributed by atoms with Crippen molar-refractivity contribution in [3.63, 3.8) is 0 Å². The maximum absolute atomic E-state index is 5.95. The minimum Gasteiger partial charge on any atom is -0.493 e. The first-order valence-electron chi connectivity index (χ1n) is 9.55. The summed E-state index contributed by atoms with van der Waals surface area (Å²) in [6, 6.07) is 16.7. The fourth-order valence-corrected chi connectivity index (χ4v) is 3.12. The summed E-state index contributed by atoms with van der Waals surface area (Å²) < 4.78 is 11.7. The van der Waals surface area contributed by atoms with Gasteiger partial charge in [-0.2, -0.15) is 0 Å². The molecule has 0 aliphatic carbocycles. The maximum atomic E-state index is 5.95. The van der Waals surface area contributed by atoms with Crippen molar-refractivity contribution in [2.24, 2.45) is 0 Å². The third-order valence-electron chi connectivity index (χ3n) is 4.61. The van der Waals surface area contributed by atoms with Crippen molar-refractivity contribution in [3.05, 3.63) is 71.1 Å². The van der Waals surface area contributed by atoms with Crippen LogP contribution in [0.15, 0.2) is 52.9 Å². The van der Waals surface area contributed by atoms with Crippen LogP contribution in [0.25, 0.3) is 11.5 Å². The lowest BCUT2D eigenvalue weighted by molar-refractivity contribution is 0.313. The summed E-state index contributed by atoms with van der Waals surface area (Å²) >= 11 is 0. The molecule has 3 rings (SSSR count). The Labute approximate surface area is 161 Å². The molecule has 1 aromatic heterocycles. The van der Waals surface area contributed by atoms with E-state index in [-0.39, 0.29) is 0 Å². The van der Waals surface area contributed by atoms with Gasteiger partial charge in [0.25, 0.3) is 0 Å². The second-order valence-electron chi connectivity index (χ2n) is 6.79. The van der Waals surface area contributed by atoms with Gasteiger partial charge in [0.15, 0.2) is 0 Å². The average molecular weight is 364 g/mol. The van der Waals surface area contributed by atoms with E-state index in [4.69, 9.17) is 14.1 Å². The molecule has 0 aliphatic heterocycles. The maximum Gasteiger partial charge on any atom is 0.230 e. The molecule has 2 aromatic carbocycles. The number of rotatable bonds is 8. The third kappa shape index (κ3) is 4.77. The van der Waals surface area contributed by atoms with Crippen LogP contribution in [0.3, 0.4) is 0 Å². The molecular weight excluding hydrogens is 336 g/mol. The van der Waals surface area contributed by atoms with E-state index in [1.807, 2.05) is 38.1 Å². The largest absolute Gasteiger partial charge is 0.493 e. The van der Waals surface area contributed by atoms with Crippen molar-refractivity contribution in [1.29, 1.82) is 0 Å². The quantitative estimate of drug-likeness (QED) is 0.548. The highest BCUT2D eigenvalue weighted by Crippen LogP contribution is 2.30. The van der Waals surface area contributed by atoms with Gasteiger partial charge in [-0.05, 0) is 50.6 Å². The van der Waals surface area contributed by atoms with Gasteiger partial charge in [-0.3, -0.25) is 4.90 Å². The van der Waals surface area contributed by atoms with Crippen LogP contribution >= 0.6 is 0 Å². The van der Waals surface area contributed by atoms with Crippen molar-refractivity contribution >= 4 is 0 Å². The van der Waals surface area contributed by atoms with Crippen LogP contribution < -0.4 is 4.74 Å². The van der Waals surface area contributed by atoms with Gasteiger partial charge in [-0.25, -0.2) is 4.98 Å². The fourth-order valence-electron chi connectivity index (χ4n) is 3.12. The van der Waals surface area contributed by atoms with Crippen molar-refractivity contribution in [2.45, 2.75) is 40.3 Å². The Morgan fingerprint density at radius 3 is 2.37 bits per heavy atom. The monoisotopic (exact) mass is 364 g/mol. The Morgan fingerprint density at radius 1 is 0.963 bits per heavy atom. The van der Waals surface area contributed by atoms with Crippen molar-refractivity contribution < 1.29 is 9.15 Å². The molecule has 27 heavy (non-hydrogen) atoms. The van der Waals surface area contributed by atoms with Crippen molar-refractivity contribution in [2.75, 3.05) is 13.7 Å². The molecule has 0 radical (unpaired) electrons. The van der Waals surface area contributed by atoms with E-state index in [1.54, 1.807) is 0 Å². The Kier molecular flexibility index (Phi) is 6.30. The first-order valence-corrected chi connectivity index (χ1v) is 9.55. The molecular formula is C23H28N2O2. The lowest BCUT2D eigenvalue weighted by Crippen LogP contribution is -2.18. The summed E-state index contributed by atoms with van der Waals surface area (Å²) in [7, 11) is 2.11. The van der Waals surface area contributed by atoms with E-state index in [0.717, 1.165) is 42.3 Å². The number of oxazole rings is 1. The molecule has 0 saturated carbocycles. The zero-order valence-electron chi connectivity index (χ0n) is 16.7. The topological polar surface area (TPSA) is 38.5 Å². The highest BCUT2D eigenvalue weighted by Gasteiger charge is 2.16. The van der Waals surface area contributed by atoms with Gasteiger partial charge >= 0.3 is 0 Å². The molecule has 0 unspecified atom stereocenters. The molecule has 3 aromatic rings. The van der Waals surface area contributed by atoms with Gasteiger partial charge in [0.05, 0.1) is 17.9 Å². The molecule has 142 valence electrons. The molecule has 0 fully saturated rings. The molecule has 1 heterocycles. The predicted molar refractivity (Wildman–Crippen MR) is 109 cm³/mol. The van der Waals surface area contributed by atoms with Gasteiger partial charge in [-0.1, -0.05) is 43.3 Å². The van der Waals surface area contributed by atoms with Crippen molar-refractivity contribution in [3.8, 4) is 17.2 Å². The zero-order valence-corrected chi connectivity index (χ0v) is 16.7. The number of hydrogen-bond acceptors (Lipinski definition) is 4. The standard InChI is InChI=1S/C23H28N2O2/c1-5-18-11-13-19(14-12-18)15-25(4)16-21-17(3)27-23(24-21)20-9-7-8-10-22(20)26-6-2/h7-14H,5-6,15-16H2,1-4H3. The predicted octanol–water partition coefficient (Wildman–Crippen LogP) is 5.24. The molecule has 0 amide bonds. The van der Waals surface area contributed by atoms with E-state index >= 15 is 0 Å². The lowest BCUT2D eigenvalue weighted by atomic mass is 10.1. The van der Waals surface area contributed by atoms with E-state index in [2.05, 4.69) is 43.1 Å². The summed E-state index contributed by atoms with van der Waals surface area (Å²) in [5.74, 6) is 2.27. The number of aromatic nitrogens is 1. The minimum absolute atomic E-state index is 0.614. The lowest BCUT2D eigenvalue weighted by Gasteiger charge is -2.15. The van der Waals surface area contributed by atoms with Gasteiger partial charge in [0.1, 0.15) is 11.5 Å². The Bertz CT molecular complexity index is 868. The SMILES string of the molecule is CCOc1ccccc1-c1nc(CN(C)Cc2ccc(CC)cc2)c(C)o1. The van der Waals surface area contributed by atoms with Gasteiger partial charge in [-0.15, -0.1) is 0 Å². The molecule has 4 heteroatoms. The van der Waals surface area contributed by atoms with Gasteiger partial charge in [0.2, 0.25) is 5.89 Å². The number of aryl methyl sites for hydroxylation is 2. The van der Waals surface area contributed by atoms with Gasteiger partial charge < -0.3 is 9.15 Å². The van der Waals surface area contributed by atoms with Crippen molar-refractivity contribution in [1.82, 2.24) is 9.88 Å². The number of para-hydroxylation sites is 1. The average Bonchev–Trinajstić information content (AvgIpc) is 3.03. The molecule has 0 spiro atoms. The summed E-state index contributed by atoms with van der Waals surface area (Å²) in [6.07, 6.45) is 1.07. The minimum atomic E-state index is 0.614. The second kappa shape index (κ2) is 8.87. The summed E-state index contributed by atoms with van der Waals surface area (Å²) in [6.45, 7) is 8.35. The molecule has 0 N–H and O–H groups in total. The highest BCUT2D eigenvalue weighted by atomic mass is 16.5. The number of nitrogens with zero attached hydrogens (tertiary/aromatic N) is 2. The third-order valence-corrected chi connectivity index (χ3v) is 4.61. The summed E-state index contributed by atoms with van der Waals surface area (Å²) in [5.41, 5.74) is 4.53. The molecule has 0 atom stereocenters. The van der Waals surface area contributed by atoms with Crippen LogP contribution in [0.5, 0.6) is 5.75 Å². The zero-order chi connectivity index (χ0) is 19.2. The highest BCUT2D eigenvalue weighted by molar-refractivity contribution is 5.63. The van der Waals surface area contributed by atoms with Crippen LogP contribution in [0.1, 0.15) is 36.4 Å². The van der Waals surface area contributed by atoms with Crippen LogP contribution in [-0.4, -0.2) is 23.5 Å². The van der Waals surface area contributed by atoms with Crippen LogP contribution in [0.4, 0.5) is 0 Å². The second-order valence-corrected chi connectivity index (χ2v) is 6.79. The molecule has 0 aliphatic rings. The molecule has 0 saturated heterocycles. The van der Waals surface area contributed by atoms with E-state index < -0.39 is 0 Å². The summed E-state index contributed by atoms with van der Waals surface area (Å²) in [5, 5.41) is 0. The van der Waals surface area contributed by atoms with Crippen LogP contribution in [0, 0.1) is 6.92 Å². The van der Waals surface area contributed by atoms with Crippen LogP contribution in [0.2, 0.25) is 0 Å². The van der Waals surface area contributed by atoms with Gasteiger partial charge in [0, 0.05) is 13.1 Å². The molecule has 4 nitrogen and oxygen atoms in total. The Balaban J connectivity index is 1.72.